The monoisotopic (exact) mass is 339 g/mol. The van der Waals surface area contributed by atoms with Gasteiger partial charge in [-0.05, 0) is 50.6 Å². The average molecular weight is 339 g/mol. The predicted octanol–water partition coefficient (Wildman–Crippen LogP) is 4.55. The van der Waals surface area contributed by atoms with Gasteiger partial charge in [0, 0.05) is 11.7 Å². The van der Waals surface area contributed by atoms with Crippen LogP contribution in [0.15, 0.2) is 54.6 Å². The van der Waals surface area contributed by atoms with Crippen molar-refractivity contribution in [2.24, 2.45) is 0 Å². The Bertz CT molecular complexity index is 723. The lowest BCUT2D eigenvalue weighted by molar-refractivity contribution is -0.120. The van der Waals surface area contributed by atoms with E-state index in [0.29, 0.717) is 11.5 Å². The van der Waals surface area contributed by atoms with Crippen molar-refractivity contribution in [2.45, 2.75) is 26.8 Å². The molecule has 0 N–H and O–H groups in total. The highest BCUT2D eigenvalue weighted by atomic mass is 16.5. The van der Waals surface area contributed by atoms with E-state index < -0.39 is 0 Å². The number of benzene rings is 2. The number of amides is 1. The molecular weight excluding hydrogens is 314 g/mol. The van der Waals surface area contributed by atoms with E-state index in [9.17, 15) is 4.79 Å². The Morgan fingerprint density at radius 3 is 2.44 bits per heavy atom. The summed E-state index contributed by atoms with van der Waals surface area (Å²) in [7, 11) is 1.59. The van der Waals surface area contributed by atoms with Crippen LogP contribution in [-0.2, 0) is 4.79 Å². The summed E-state index contributed by atoms with van der Waals surface area (Å²) >= 11 is 0. The number of allylic oxidation sites excluding steroid dienone is 1. The first-order valence-electron chi connectivity index (χ1n) is 8.37. The van der Waals surface area contributed by atoms with Crippen molar-refractivity contribution >= 4 is 17.7 Å². The number of methoxy groups -OCH3 is 1. The molecule has 0 spiro atoms. The molecule has 0 aliphatic carbocycles. The standard InChI is InChI=1S/C21H25NO3/c1-5-9-17-12-13-19(20(14-17)24-4)25-15-21(23)22(16(2)3)18-10-7-6-8-11-18/h5-14,16H,15H2,1-4H3/b9-5+. The second-order valence-electron chi connectivity index (χ2n) is 5.89. The van der Waals surface area contributed by atoms with Crippen LogP contribution in [0.25, 0.3) is 6.08 Å². The number of carbonyl (C=O) groups excluding carboxylic acids is 1. The van der Waals surface area contributed by atoms with E-state index in [4.69, 9.17) is 9.47 Å². The number of hydrogen-bond acceptors (Lipinski definition) is 3. The normalized spacial score (nSPS) is 10.9. The molecule has 0 saturated heterocycles. The molecule has 0 aliphatic rings. The van der Waals surface area contributed by atoms with E-state index in [1.807, 2.05) is 81.5 Å². The molecule has 0 heterocycles. The number of anilines is 1. The zero-order valence-electron chi connectivity index (χ0n) is 15.2. The maximum Gasteiger partial charge on any atom is 0.265 e. The van der Waals surface area contributed by atoms with Gasteiger partial charge in [-0.2, -0.15) is 0 Å². The van der Waals surface area contributed by atoms with Crippen molar-refractivity contribution in [2.75, 3.05) is 18.6 Å². The SMILES string of the molecule is C/C=C/c1ccc(OCC(=O)N(c2ccccc2)C(C)C)c(OC)c1. The summed E-state index contributed by atoms with van der Waals surface area (Å²) in [4.78, 5) is 14.4. The van der Waals surface area contributed by atoms with Gasteiger partial charge in [-0.3, -0.25) is 4.79 Å². The summed E-state index contributed by atoms with van der Waals surface area (Å²) < 4.78 is 11.1. The molecule has 2 aromatic rings. The van der Waals surface area contributed by atoms with Gasteiger partial charge in [0.2, 0.25) is 0 Å². The summed E-state index contributed by atoms with van der Waals surface area (Å²) in [5, 5.41) is 0. The van der Waals surface area contributed by atoms with Crippen LogP contribution in [0.2, 0.25) is 0 Å². The van der Waals surface area contributed by atoms with Gasteiger partial charge < -0.3 is 14.4 Å². The number of ether oxygens (including phenoxy) is 2. The molecule has 4 nitrogen and oxygen atoms in total. The second kappa shape index (κ2) is 8.92. The Morgan fingerprint density at radius 2 is 1.84 bits per heavy atom. The molecule has 4 heteroatoms. The van der Waals surface area contributed by atoms with Crippen LogP contribution in [0.1, 0.15) is 26.3 Å². The van der Waals surface area contributed by atoms with E-state index in [1.54, 1.807) is 12.0 Å². The third-order valence-corrected chi connectivity index (χ3v) is 3.72. The Labute approximate surface area is 149 Å². The maximum atomic E-state index is 12.7. The molecule has 0 unspecified atom stereocenters. The Hall–Kier alpha value is -2.75. The molecule has 1 amide bonds. The van der Waals surface area contributed by atoms with E-state index in [0.717, 1.165) is 11.3 Å². The van der Waals surface area contributed by atoms with Crippen LogP contribution in [0.3, 0.4) is 0 Å². The van der Waals surface area contributed by atoms with Crippen molar-refractivity contribution in [3.05, 3.63) is 60.2 Å². The zero-order chi connectivity index (χ0) is 18.2. The molecule has 0 atom stereocenters. The molecular formula is C21H25NO3. The van der Waals surface area contributed by atoms with Gasteiger partial charge in [-0.15, -0.1) is 0 Å². The molecule has 2 aromatic carbocycles. The van der Waals surface area contributed by atoms with Crippen LogP contribution in [0.5, 0.6) is 11.5 Å². The Kier molecular flexibility index (Phi) is 6.63. The third-order valence-electron chi connectivity index (χ3n) is 3.72. The summed E-state index contributed by atoms with van der Waals surface area (Å²) in [6.07, 6.45) is 3.94. The lowest BCUT2D eigenvalue weighted by Gasteiger charge is -2.27. The average Bonchev–Trinajstić information content (AvgIpc) is 2.61. The fraction of sp³-hybridized carbons (Fsp3) is 0.286. The zero-order valence-corrected chi connectivity index (χ0v) is 15.2. The van der Waals surface area contributed by atoms with E-state index in [-0.39, 0.29) is 18.6 Å². The van der Waals surface area contributed by atoms with Gasteiger partial charge in [-0.1, -0.05) is 36.4 Å². The minimum atomic E-state index is -0.0965. The molecule has 0 radical (unpaired) electrons. The molecule has 0 aliphatic heterocycles. The van der Waals surface area contributed by atoms with Crippen molar-refractivity contribution in [3.63, 3.8) is 0 Å². The number of rotatable bonds is 7. The Balaban J connectivity index is 2.13. The topological polar surface area (TPSA) is 38.8 Å². The van der Waals surface area contributed by atoms with Gasteiger partial charge >= 0.3 is 0 Å². The van der Waals surface area contributed by atoms with E-state index in [2.05, 4.69) is 0 Å². The summed E-state index contributed by atoms with van der Waals surface area (Å²) in [6, 6.07) is 15.3. The number of nitrogens with zero attached hydrogens (tertiary/aromatic N) is 1. The van der Waals surface area contributed by atoms with Crippen LogP contribution in [0, 0.1) is 0 Å². The van der Waals surface area contributed by atoms with Crippen molar-refractivity contribution in [1.29, 1.82) is 0 Å². The first kappa shape index (κ1) is 18.6. The number of carbonyl (C=O) groups is 1. The highest BCUT2D eigenvalue weighted by Gasteiger charge is 2.20. The van der Waals surface area contributed by atoms with Gasteiger partial charge in [-0.25, -0.2) is 0 Å². The highest BCUT2D eigenvalue weighted by Crippen LogP contribution is 2.29. The number of para-hydroxylation sites is 1. The quantitative estimate of drug-likeness (QED) is 0.743. The molecule has 0 aromatic heterocycles. The number of hydrogen-bond donors (Lipinski definition) is 0. The minimum absolute atomic E-state index is 0.0393. The summed E-state index contributed by atoms with van der Waals surface area (Å²) in [6.45, 7) is 5.88. The van der Waals surface area contributed by atoms with Crippen LogP contribution >= 0.6 is 0 Å². The van der Waals surface area contributed by atoms with Crippen molar-refractivity contribution in [3.8, 4) is 11.5 Å². The van der Waals surface area contributed by atoms with Gasteiger partial charge in [0.15, 0.2) is 18.1 Å². The summed E-state index contributed by atoms with van der Waals surface area (Å²) in [5.74, 6) is 1.07. The lowest BCUT2D eigenvalue weighted by atomic mass is 10.2. The molecule has 25 heavy (non-hydrogen) atoms. The summed E-state index contributed by atoms with van der Waals surface area (Å²) in [5.41, 5.74) is 1.88. The van der Waals surface area contributed by atoms with Crippen LogP contribution < -0.4 is 14.4 Å². The molecule has 0 saturated carbocycles. The Morgan fingerprint density at radius 1 is 1.12 bits per heavy atom. The fourth-order valence-corrected chi connectivity index (χ4v) is 2.63. The molecule has 0 fully saturated rings. The van der Waals surface area contributed by atoms with Crippen LogP contribution in [-0.4, -0.2) is 25.7 Å². The first-order chi connectivity index (χ1) is 12.1. The predicted molar refractivity (Wildman–Crippen MR) is 102 cm³/mol. The van der Waals surface area contributed by atoms with Gasteiger partial charge in [0.05, 0.1) is 7.11 Å². The second-order valence-corrected chi connectivity index (χ2v) is 5.89. The first-order valence-corrected chi connectivity index (χ1v) is 8.37. The van der Waals surface area contributed by atoms with Gasteiger partial charge in [0.1, 0.15) is 0 Å². The van der Waals surface area contributed by atoms with Crippen molar-refractivity contribution in [1.82, 2.24) is 0 Å². The van der Waals surface area contributed by atoms with Crippen molar-refractivity contribution < 1.29 is 14.3 Å². The molecule has 0 bridgehead atoms. The smallest absolute Gasteiger partial charge is 0.265 e. The third kappa shape index (κ3) is 4.86. The highest BCUT2D eigenvalue weighted by molar-refractivity contribution is 5.94. The van der Waals surface area contributed by atoms with Gasteiger partial charge in [0.25, 0.3) is 5.91 Å². The van der Waals surface area contributed by atoms with Crippen LogP contribution in [0.4, 0.5) is 5.69 Å². The molecule has 2 rings (SSSR count). The van der Waals surface area contributed by atoms with E-state index >= 15 is 0 Å². The largest absolute Gasteiger partial charge is 0.493 e. The lowest BCUT2D eigenvalue weighted by Crippen LogP contribution is -2.40. The minimum Gasteiger partial charge on any atom is -0.493 e. The van der Waals surface area contributed by atoms with E-state index in [1.165, 1.54) is 0 Å². The molecule has 132 valence electrons. The maximum absolute atomic E-state index is 12.7. The fourth-order valence-electron chi connectivity index (χ4n) is 2.63.